The number of carbonyl (C=O) groups excluding carboxylic acids is 1. The summed E-state index contributed by atoms with van der Waals surface area (Å²) in [6.45, 7) is 4.10. The van der Waals surface area contributed by atoms with Crippen molar-refractivity contribution in [2.75, 3.05) is 32.8 Å². The number of hydrogen-bond acceptors (Lipinski definition) is 3. The van der Waals surface area contributed by atoms with E-state index in [0.29, 0.717) is 6.42 Å². The van der Waals surface area contributed by atoms with Crippen LogP contribution in [0.1, 0.15) is 32.1 Å². The summed E-state index contributed by atoms with van der Waals surface area (Å²) in [5.41, 5.74) is 0. The molecule has 2 fully saturated rings. The van der Waals surface area contributed by atoms with Crippen LogP contribution >= 0.6 is 0 Å². The Bertz CT molecular complexity index is 233. The van der Waals surface area contributed by atoms with Crippen LogP contribution in [-0.4, -0.2) is 59.6 Å². The zero-order valence-electron chi connectivity index (χ0n) is 9.90. The van der Waals surface area contributed by atoms with Crippen LogP contribution in [0.15, 0.2) is 0 Å². The Balaban J connectivity index is 1.64. The number of hydrogen-bond donors (Lipinski definition) is 1. The third-order valence-electron chi connectivity index (χ3n) is 3.53. The number of nitrogens with zero attached hydrogens (tertiary/aromatic N) is 2. The van der Waals surface area contributed by atoms with Crippen molar-refractivity contribution < 1.29 is 9.90 Å². The Morgan fingerprint density at radius 1 is 1.12 bits per heavy atom. The van der Waals surface area contributed by atoms with Gasteiger partial charge in [0.15, 0.2) is 0 Å². The fraction of sp³-hybridized carbons (Fsp3) is 0.917. The van der Waals surface area contributed by atoms with Gasteiger partial charge in [0.25, 0.3) is 0 Å². The Morgan fingerprint density at radius 3 is 2.38 bits per heavy atom. The molecule has 1 saturated carbocycles. The number of rotatable bonds is 5. The molecule has 0 unspecified atom stereocenters. The molecule has 0 aromatic carbocycles. The molecule has 0 spiro atoms. The molecule has 1 aliphatic heterocycles. The first-order valence-electron chi connectivity index (χ1n) is 6.44. The number of aliphatic hydroxyl groups excluding tert-OH is 1. The highest BCUT2D eigenvalue weighted by molar-refractivity contribution is 5.76. The lowest BCUT2D eigenvalue weighted by Gasteiger charge is -2.34. The summed E-state index contributed by atoms with van der Waals surface area (Å²) < 4.78 is 0. The van der Waals surface area contributed by atoms with E-state index in [-0.39, 0.29) is 12.5 Å². The van der Waals surface area contributed by atoms with E-state index in [0.717, 1.165) is 45.1 Å². The van der Waals surface area contributed by atoms with E-state index >= 15 is 0 Å². The Kier molecular flexibility index (Phi) is 4.18. The Hall–Kier alpha value is -0.610. The van der Waals surface area contributed by atoms with Gasteiger partial charge in [0.1, 0.15) is 0 Å². The average Bonchev–Trinajstić information content (AvgIpc) is 3.13. The SMILES string of the molecule is O=C(CCCCO)N1CCN(C2CC2)CC1. The van der Waals surface area contributed by atoms with Crippen molar-refractivity contribution in [3.63, 3.8) is 0 Å². The molecule has 4 nitrogen and oxygen atoms in total. The van der Waals surface area contributed by atoms with E-state index < -0.39 is 0 Å². The van der Waals surface area contributed by atoms with Crippen molar-refractivity contribution in [3.8, 4) is 0 Å². The van der Waals surface area contributed by atoms with E-state index in [4.69, 9.17) is 5.11 Å². The lowest BCUT2D eigenvalue weighted by atomic mass is 10.2. The van der Waals surface area contributed by atoms with E-state index in [1.165, 1.54) is 12.8 Å². The molecule has 0 aromatic heterocycles. The number of unbranched alkanes of at least 4 members (excludes halogenated alkanes) is 1. The standard InChI is InChI=1S/C12H22N2O2/c15-10-2-1-3-12(16)14-8-6-13(7-9-14)11-4-5-11/h11,15H,1-10H2. The number of piperazine rings is 1. The highest BCUT2D eigenvalue weighted by Gasteiger charge is 2.31. The minimum Gasteiger partial charge on any atom is -0.396 e. The van der Waals surface area contributed by atoms with E-state index in [1.54, 1.807) is 0 Å². The molecule has 4 heteroatoms. The molecule has 92 valence electrons. The van der Waals surface area contributed by atoms with E-state index in [1.807, 2.05) is 4.90 Å². The summed E-state index contributed by atoms with van der Waals surface area (Å²) in [6.07, 6.45) is 4.87. The molecule has 0 radical (unpaired) electrons. The van der Waals surface area contributed by atoms with E-state index in [9.17, 15) is 4.79 Å². The molecule has 0 atom stereocenters. The molecular formula is C12H22N2O2. The predicted molar refractivity (Wildman–Crippen MR) is 62.1 cm³/mol. The van der Waals surface area contributed by atoms with Crippen molar-refractivity contribution >= 4 is 5.91 Å². The van der Waals surface area contributed by atoms with Gasteiger partial charge in [-0.15, -0.1) is 0 Å². The quantitative estimate of drug-likeness (QED) is 0.692. The lowest BCUT2D eigenvalue weighted by molar-refractivity contribution is -0.133. The smallest absolute Gasteiger partial charge is 0.222 e. The van der Waals surface area contributed by atoms with Gasteiger partial charge < -0.3 is 10.0 Å². The molecule has 16 heavy (non-hydrogen) atoms. The van der Waals surface area contributed by atoms with E-state index in [2.05, 4.69) is 4.90 Å². The average molecular weight is 226 g/mol. The molecule has 1 saturated heterocycles. The first-order chi connectivity index (χ1) is 7.81. The highest BCUT2D eigenvalue weighted by atomic mass is 16.3. The minimum absolute atomic E-state index is 0.197. The first-order valence-corrected chi connectivity index (χ1v) is 6.44. The van der Waals surface area contributed by atoms with Gasteiger partial charge in [-0.05, 0) is 25.7 Å². The highest BCUT2D eigenvalue weighted by Crippen LogP contribution is 2.27. The summed E-state index contributed by atoms with van der Waals surface area (Å²) in [5.74, 6) is 0.267. The van der Waals surface area contributed by atoms with Gasteiger partial charge in [-0.1, -0.05) is 0 Å². The van der Waals surface area contributed by atoms with Crippen molar-refractivity contribution in [3.05, 3.63) is 0 Å². The summed E-state index contributed by atoms with van der Waals surface area (Å²) in [6, 6.07) is 0.826. The van der Waals surface area contributed by atoms with Crippen LogP contribution in [-0.2, 0) is 4.79 Å². The second kappa shape index (κ2) is 5.64. The predicted octanol–water partition coefficient (Wildman–Crippen LogP) is 0.456. The van der Waals surface area contributed by atoms with Crippen LogP contribution in [0.2, 0.25) is 0 Å². The molecular weight excluding hydrogens is 204 g/mol. The van der Waals surface area contributed by atoms with Crippen LogP contribution < -0.4 is 0 Å². The summed E-state index contributed by atoms with van der Waals surface area (Å²) >= 11 is 0. The second-order valence-electron chi connectivity index (χ2n) is 4.83. The summed E-state index contributed by atoms with van der Waals surface area (Å²) in [5, 5.41) is 8.66. The molecule has 2 aliphatic rings. The second-order valence-corrected chi connectivity index (χ2v) is 4.83. The van der Waals surface area contributed by atoms with Gasteiger partial charge in [-0.25, -0.2) is 0 Å². The third kappa shape index (κ3) is 3.19. The number of amides is 1. The Labute approximate surface area is 97.2 Å². The third-order valence-corrected chi connectivity index (χ3v) is 3.53. The molecule has 1 aliphatic carbocycles. The van der Waals surface area contributed by atoms with Gasteiger partial charge in [-0.2, -0.15) is 0 Å². The fourth-order valence-electron chi connectivity index (χ4n) is 2.32. The van der Waals surface area contributed by atoms with Crippen LogP contribution in [0.5, 0.6) is 0 Å². The molecule has 1 amide bonds. The maximum absolute atomic E-state index is 11.8. The van der Waals surface area contributed by atoms with Gasteiger partial charge in [0.2, 0.25) is 5.91 Å². The van der Waals surface area contributed by atoms with Crippen LogP contribution in [0, 0.1) is 0 Å². The number of aliphatic hydroxyl groups is 1. The van der Waals surface area contributed by atoms with Gasteiger partial charge in [-0.3, -0.25) is 9.69 Å². The zero-order chi connectivity index (χ0) is 11.4. The van der Waals surface area contributed by atoms with Crippen LogP contribution in [0.4, 0.5) is 0 Å². The summed E-state index contributed by atoms with van der Waals surface area (Å²) in [4.78, 5) is 16.3. The molecule has 1 heterocycles. The largest absolute Gasteiger partial charge is 0.396 e. The lowest BCUT2D eigenvalue weighted by Crippen LogP contribution is -2.49. The van der Waals surface area contributed by atoms with Gasteiger partial charge >= 0.3 is 0 Å². The normalized spacial score (nSPS) is 22.4. The van der Waals surface area contributed by atoms with Gasteiger partial charge in [0, 0.05) is 45.2 Å². The molecule has 0 aromatic rings. The monoisotopic (exact) mass is 226 g/mol. The maximum Gasteiger partial charge on any atom is 0.222 e. The zero-order valence-corrected chi connectivity index (χ0v) is 9.90. The van der Waals surface area contributed by atoms with Crippen molar-refractivity contribution in [2.45, 2.75) is 38.1 Å². The van der Waals surface area contributed by atoms with Crippen molar-refractivity contribution in [2.24, 2.45) is 0 Å². The van der Waals surface area contributed by atoms with Crippen LogP contribution in [0.3, 0.4) is 0 Å². The molecule has 2 rings (SSSR count). The fourth-order valence-corrected chi connectivity index (χ4v) is 2.32. The summed E-state index contributed by atoms with van der Waals surface area (Å²) in [7, 11) is 0. The molecule has 0 bridgehead atoms. The number of carbonyl (C=O) groups is 1. The minimum atomic E-state index is 0.197. The Morgan fingerprint density at radius 2 is 1.81 bits per heavy atom. The topological polar surface area (TPSA) is 43.8 Å². The van der Waals surface area contributed by atoms with Gasteiger partial charge in [0.05, 0.1) is 0 Å². The van der Waals surface area contributed by atoms with Crippen molar-refractivity contribution in [1.82, 2.24) is 9.80 Å². The first kappa shape index (κ1) is 11.9. The molecule has 1 N–H and O–H groups in total. The van der Waals surface area contributed by atoms with Crippen LogP contribution in [0.25, 0.3) is 0 Å². The van der Waals surface area contributed by atoms with Crippen molar-refractivity contribution in [1.29, 1.82) is 0 Å². The maximum atomic E-state index is 11.8.